The third-order valence-electron chi connectivity index (χ3n) is 0.819. The molecular weight excluding hydrogens is 231 g/mol. The van der Waals surface area contributed by atoms with Crippen molar-refractivity contribution in [2.45, 2.75) is 4.21 Å². The first-order valence-corrected chi connectivity index (χ1v) is 4.92. The lowest BCUT2D eigenvalue weighted by molar-refractivity contribution is 0.485. The van der Waals surface area contributed by atoms with Crippen LogP contribution < -0.4 is 0 Å². The van der Waals surface area contributed by atoms with Crippen molar-refractivity contribution in [3.8, 4) is 0 Å². The second-order valence-electron chi connectivity index (χ2n) is 1.53. The number of thiophene rings is 1. The highest BCUT2D eigenvalue weighted by atomic mass is 35.5. The minimum atomic E-state index is -4.10. The summed E-state index contributed by atoms with van der Waals surface area (Å²) in [4.78, 5) is 0. The van der Waals surface area contributed by atoms with E-state index in [0.29, 0.717) is 0 Å². The zero-order chi connectivity index (χ0) is 7.78. The third-order valence-corrected chi connectivity index (χ3v) is 3.67. The molecule has 1 heterocycles. The van der Waals surface area contributed by atoms with Crippen LogP contribution in [0.5, 0.6) is 0 Å². The smallest absolute Gasteiger partial charge is 0.281 e. The maximum absolute atomic E-state index is 10.4. The molecule has 0 bridgehead atoms. The zero-order valence-electron chi connectivity index (χ0n) is 5.02. The quantitative estimate of drug-likeness (QED) is 0.758. The van der Waals surface area contributed by atoms with Gasteiger partial charge in [-0.05, 0) is 11.4 Å². The molecule has 0 unspecified atom stereocenters. The van der Waals surface area contributed by atoms with Crippen molar-refractivity contribution < 1.29 is 13.0 Å². The highest BCUT2D eigenvalue weighted by molar-refractivity contribution is 7.88. The van der Waals surface area contributed by atoms with Gasteiger partial charge in [0.2, 0.25) is 0 Å². The van der Waals surface area contributed by atoms with Crippen LogP contribution in [0.3, 0.4) is 0 Å². The second kappa shape index (κ2) is 3.73. The Morgan fingerprint density at radius 2 is 2.09 bits per heavy atom. The summed E-state index contributed by atoms with van der Waals surface area (Å²) < 4.78 is 29.0. The third kappa shape index (κ3) is 2.61. The Bertz CT molecular complexity index is 329. The van der Waals surface area contributed by atoms with E-state index >= 15 is 0 Å². The van der Waals surface area contributed by atoms with Crippen LogP contribution >= 0.6 is 35.3 Å². The van der Waals surface area contributed by atoms with E-state index in [0.717, 1.165) is 11.3 Å². The molecule has 11 heavy (non-hydrogen) atoms. The number of rotatable bonds is 1. The van der Waals surface area contributed by atoms with Crippen molar-refractivity contribution in [2.24, 2.45) is 0 Å². The van der Waals surface area contributed by atoms with Gasteiger partial charge in [-0.25, -0.2) is 0 Å². The Hall–Kier alpha value is 0.190. The van der Waals surface area contributed by atoms with E-state index in [9.17, 15) is 8.42 Å². The Labute approximate surface area is 79.2 Å². The molecule has 0 spiro atoms. The molecule has 0 saturated carbocycles. The Balaban J connectivity index is 0.000001000. The first kappa shape index (κ1) is 11.2. The molecule has 0 aliphatic carbocycles. The lowest BCUT2D eigenvalue weighted by Gasteiger charge is -1.88. The minimum absolute atomic E-state index is 0. The Morgan fingerprint density at radius 3 is 2.27 bits per heavy atom. The van der Waals surface area contributed by atoms with Crippen molar-refractivity contribution in [3.05, 3.63) is 16.5 Å². The fourth-order valence-electron chi connectivity index (χ4n) is 0.464. The van der Waals surface area contributed by atoms with Gasteiger partial charge < -0.3 is 0 Å². The van der Waals surface area contributed by atoms with Gasteiger partial charge >= 0.3 is 10.1 Å². The molecule has 0 saturated heterocycles. The second-order valence-corrected chi connectivity index (χ2v) is 4.47. The van der Waals surface area contributed by atoms with Crippen LogP contribution in [-0.4, -0.2) is 13.0 Å². The van der Waals surface area contributed by atoms with Crippen LogP contribution in [0.4, 0.5) is 0 Å². The molecule has 3 nitrogen and oxygen atoms in total. The summed E-state index contributed by atoms with van der Waals surface area (Å²) in [5.41, 5.74) is 0. The molecule has 0 atom stereocenters. The van der Waals surface area contributed by atoms with E-state index in [1.807, 2.05) is 0 Å². The number of hydrogen-bond acceptors (Lipinski definition) is 3. The summed E-state index contributed by atoms with van der Waals surface area (Å²) >= 11 is 6.28. The first-order chi connectivity index (χ1) is 4.52. The SMILES string of the molecule is Cl.O=S(=O)(O)c1sccc1Cl. The van der Waals surface area contributed by atoms with Gasteiger partial charge in [0.1, 0.15) is 0 Å². The summed E-state index contributed by atoms with van der Waals surface area (Å²) in [6, 6.07) is 1.41. The van der Waals surface area contributed by atoms with Gasteiger partial charge in [-0.1, -0.05) is 11.6 Å². The van der Waals surface area contributed by atoms with Crippen molar-refractivity contribution in [1.29, 1.82) is 0 Å². The monoisotopic (exact) mass is 234 g/mol. The van der Waals surface area contributed by atoms with Gasteiger partial charge in [0.25, 0.3) is 0 Å². The van der Waals surface area contributed by atoms with Crippen LogP contribution in [0.25, 0.3) is 0 Å². The standard InChI is InChI=1S/C4H3ClO3S2.ClH/c5-3-1-2-9-4(3)10(6,7)8;/h1-2H,(H,6,7,8);1H. The van der Waals surface area contributed by atoms with E-state index in [-0.39, 0.29) is 21.6 Å². The molecular formula is C4H4Cl2O3S2. The van der Waals surface area contributed by atoms with Crippen LogP contribution in [-0.2, 0) is 10.1 Å². The lowest BCUT2D eigenvalue weighted by Crippen LogP contribution is -1.94. The highest BCUT2D eigenvalue weighted by Crippen LogP contribution is 2.26. The van der Waals surface area contributed by atoms with Crippen LogP contribution in [0, 0.1) is 0 Å². The summed E-state index contributed by atoms with van der Waals surface area (Å²) in [6.07, 6.45) is 0. The van der Waals surface area contributed by atoms with Gasteiger partial charge in [-0.15, -0.1) is 23.7 Å². The maximum Gasteiger partial charge on any atom is 0.305 e. The Kier molecular flexibility index (Phi) is 3.79. The van der Waals surface area contributed by atoms with E-state index in [1.54, 1.807) is 0 Å². The maximum atomic E-state index is 10.4. The van der Waals surface area contributed by atoms with Gasteiger partial charge in [-0.3, -0.25) is 4.55 Å². The molecule has 1 aromatic rings. The summed E-state index contributed by atoms with van der Waals surface area (Å²) in [7, 11) is -4.10. The normalized spacial score (nSPS) is 10.7. The first-order valence-electron chi connectivity index (χ1n) is 2.22. The fourth-order valence-corrected chi connectivity index (χ4v) is 2.50. The van der Waals surface area contributed by atoms with Crippen molar-refractivity contribution in [3.63, 3.8) is 0 Å². The van der Waals surface area contributed by atoms with E-state index in [2.05, 4.69) is 0 Å². The highest BCUT2D eigenvalue weighted by Gasteiger charge is 2.14. The zero-order valence-corrected chi connectivity index (χ0v) is 8.23. The molecule has 1 N–H and O–H groups in total. The topological polar surface area (TPSA) is 54.4 Å². The minimum Gasteiger partial charge on any atom is -0.281 e. The number of halogens is 2. The number of hydrogen-bond donors (Lipinski definition) is 1. The summed E-state index contributed by atoms with van der Waals surface area (Å²) in [5.74, 6) is 0. The average Bonchev–Trinajstić information content (AvgIpc) is 2.11. The lowest BCUT2D eigenvalue weighted by atomic mass is 10.7. The molecule has 0 amide bonds. The van der Waals surface area contributed by atoms with Gasteiger partial charge in [0, 0.05) is 0 Å². The molecule has 0 aliphatic heterocycles. The van der Waals surface area contributed by atoms with Crippen molar-refractivity contribution in [1.82, 2.24) is 0 Å². The van der Waals surface area contributed by atoms with E-state index in [1.165, 1.54) is 11.4 Å². The van der Waals surface area contributed by atoms with E-state index in [4.69, 9.17) is 16.2 Å². The molecule has 7 heteroatoms. The van der Waals surface area contributed by atoms with Gasteiger partial charge in [0.05, 0.1) is 5.02 Å². The van der Waals surface area contributed by atoms with Gasteiger partial charge in [0.15, 0.2) is 4.21 Å². The molecule has 1 rings (SSSR count). The van der Waals surface area contributed by atoms with Crippen molar-refractivity contribution in [2.75, 3.05) is 0 Å². The van der Waals surface area contributed by atoms with Gasteiger partial charge in [-0.2, -0.15) is 8.42 Å². The molecule has 1 aromatic heterocycles. The molecule has 0 aromatic carbocycles. The van der Waals surface area contributed by atoms with Crippen LogP contribution in [0.15, 0.2) is 15.7 Å². The largest absolute Gasteiger partial charge is 0.305 e. The van der Waals surface area contributed by atoms with Crippen LogP contribution in [0.1, 0.15) is 0 Å². The van der Waals surface area contributed by atoms with Crippen molar-refractivity contribution >= 4 is 45.5 Å². The fraction of sp³-hybridized carbons (Fsp3) is 0. The average molecular weight is 235 g/mol. The molecule has 0 aliphatic rings. The Morgan fingerprint density at radius 1 is 1.55 bits per heavy atom. The molecule has 0 fully saturated rings. The van der Waals surface area contributed by atoms with Crippen LogP contribution in [0.2, 0.25) is 5.02 Å². The predicted molar refractivity (Wildman–Crippen MR) is 46.4 cm³/mol. The summed E-state index contributed by atoms with van der Waals surface area (Å²) in [5, 5.41) is 1.55. The molecule has 64 valence electrons. The predicted octanol–water partition coefficient (Wildman–Crippen LogP) is 2.07. The van der Waals surface area contributed by atoms with E-state index < -0.39 is 10.1 Å². The molecule has 0 radical (unpaired) electrons. The summed E-state index contributed by atoms with van der Waals surface area (Å²) in [6.45, 7) is 0.